The molecule has 1 aliphatic carbocycles. The van der Waals surface area contributed by atoms with Gasteiger partial charge in [0.1, 0.15) is 11.4 Å². The molecule has 8 heteroatoms. The van der Waals surface area contributed by atoms with Crippen LogP contribution in [0.25, 0.3) is 0 Å². The topological polar surface area (TPSA) is 63.3 Å². The number of nitrogens with zero attached hydrogens (tertiary/aromatic N) is 2. The van der Waals surface area contributed by atoms with E-state index in [1.807, 2.05) is 26.8 Å². The van der Waals surface area contributed by atoms with Crippen LogP contribution in [0.1, 0.15) is 45.6 Å². The fourth-order valence-corrected chi connectivity index (χ4v) is 4.69. The Balaban J connectivity index is 1.47. The number of rotatable bonds is 5. The molecule has 1 amide bonds. The maximum Gasteiger partial charge on any atom is 0.408 e. The first kappa shape index (κ1) is 23.3. The minimum atomic E-state index is -0.563. The van der Waals surface area contributed by atoms with E-state index in [0.717, 1.165) is 57.7 Å². The summed E-state index contributed by atoms with van der Waals surface area (Å²) in [6.45, 7) is 11.5. The zero-order chi connectivity index (χ0) is 22.8. The molecule has 178 valence electrons. The van der Waals surface area contributed by atoms with Crippen LogP contribution in [0.3, 0.4) is 0 Å². The molecule has 1 N–H and O–H groups in total. The number of nitrogens with one attached hydrogen (secondary N) is 1. The standard InChI is InChI=1S/C24H36FN3O4/c1-23(2,3)32-22(29)26-24(7-4-8-24)18-5-6-20(25)21(15-18)28-11-14-31-19(17-28)16-27-9-12-30-13-10-27/h5-6,15,19H,4,7-14,16-17H2,1-3H3,(H,26,29). The summed E-state index contributed by atoms with van der Waals surface area (Å²) < 4.78 is 31.8. The molecule has 2 aliphatic heterocycles. The summed E-state index contributed by atoms with van der Waals surface area (Å²) in [4.78, 5) is 16.9. The zero-order valence-electron chi connectivity index (χ0n) is 19.5. The van der Waals surface area contributed by atoms with E-state index in [-0.39, 0.29) is 11.9 Å². The van der Waals surface area contributed by atoms with Crippen LogP contribution in [0.4, 0.5) is 14.9 Å². The van der Waals surface area contributed by atoms with Crippen molar-refractivity contribution in [1.82, 2.24) is 10.2 Å². The number of hydrogen-bond acceptors (Lipinski definition) is 6. The third-order valence-electron chi connectivity index (χ3n) is 6.49. The highest BCUT2D eigenvalue weighted by molar-refractivity contribution is 5.70. The molecule has 32 heavy (non-hydrogen) atoms. The Morgan fingerprint density at radius 2 is 1.97 bits per heavy atom. The summed E-state index contributed by atoms with van der Waals surface area (Å²) in [6.07, 6.45) is 2.25. The van der Waals surface area contributed by atoms with E-state index < -0.39 is 17.2 Å². The van der Waals surface area contributed by atoms with Crippen LogP contribution in [-0.2, 0) is 19.7 Å². The second-order valence-electron chi connectivity index (χ2n) is 10.1. The predicted molar refractivity (Wildman–Crippen MR) is 121 cm³/mol. The van der Waals surface area contributed by atoms with Gasteiger partial charge in [-0.05, 0) is 57.7 Å². The molecule has 1 unspecified atom stereocenters. The highest BCUT2D eigenvalue weighted by Crippen LogP contribution is 2.43. The van der Waals surface area contributed by atoms with Crippen LogP contribution in [0.2, 0.25) is 0 Å². The van der Waals surface area contributed by atoms with Gasteiger partial charge in [-0.2, -0.15) is 0 Å². The number of benzene rings is 1. The molecule has 1 aromatic rings. The van der Waals surface area contributed by atoms with Crippen LogP contribution in [0, 0.1) is 5.82 Å². The van der Waals surface area contributed by atoms with Gasteiger partial charge in [0.2, 0.25) is 0 Å². The SMILES string of the molecule is CC(C)(C)OC(=O)NC1(c2ccc(F)c(N3CCOC(CN4CCOCC4)C3)c2)CCC1. The van der Waals surface area contributed by atoms with E-state index in [0.29, 0.717) is 25.4 Å². The Bertz CT molecular complexity index is 803. The summed E-state index contributed by atoms with van der Waals surface area (Å²) in [7, 11) is 0. The molecular formula is C24H36FN3O4. The normalized spacial score (nSPS) is 24.0. The molecule has 1 aromatic carbocycles. The molecule has 2 saturated heterocycles. The number of anilines is 1. The van der Waals surface area contributed by atoms with Gasteiger partial charge in [0.15, 0.2) is 0 Å². The van der Waals surface area contributed by atoms with Crippen molar-refractivity contribution in [2.75, 3.05) is 57.4 Å². The molecule has 1 saturated carbocycles. The lowest BCUT2D eigenvalue weighted by atomic mass is 9.71. The Morgan fingerprint density at radius 3 is 2.62 bits per heavy atom. The van der Waals surface area contributed by atoms with Gasteiger partial charge in [0.05, 0.1) is 37.2 Å². The van der Waals surface area contributed by atoms with Crippen LogP contribution in [0.15, 0.2) is 18.2 Å². The maximum absolute atomic E-state index is 14.9. The zero-order valence-corrected chi connectivity index (χ0v) is 19.5. The Hall–Kier alpha value is -1.90. The largest absolute Gasteiger partial charge is 0.444 e. The van der Waals surface area contributed by atoms with Crippen molar-refractivity contribution in [2.24, 2.45) is 0 Å². The van der Waals surface area contributed by atoms with Crippen molar-refractivity contribution >= 4 is 11.8 Å². The molecule has 0 spiro atoms. The number of halogens is 1. The molecule has 3 aliphatic rings. The van der Waals surface area contributed by atoms with E-state index in [1.54, 1.807) is 6.07 Å². The minimum Gasteiger partial charge on any atom is -0.444 e. The van der Waals surface area contributed by atoms with Crippen molar-refractivity contribution in [1.29, 1.82) is 0 Å². The lowest BCUT2D eigenvalue weighted by Crippen LogP contribution is -2.52. The van der Waals surface area contributed by atoms with E-state index in [1.165, 1.54) is 6.07 Å². The lowest BCUT2D eigenvalue weighted by molar-refractivity contribution is -0.0172. The van der Waals surface area contributed by atoms with Crippen molar-refractivity contribution in [3.8, 4) is 0 Å². The summed E-state index contributed by atoms with van der Waals surface area (Å²) in [5.41, 5.74) is 0.452. The average Bonchev–Trinajstić information content (AvgIpc) is 2.71. The summed E-state index contributed by atoms with van der Waals surface area (Å²) in [5, 5.41) is 3.07. The average molecular weight is 450 g/mol. The summed E-state index contributed by atoms with van der Waals surface area (Å²) >= 11 is 0. The van der Waals surface area contributed by atoms with Gasteiger partial charge in [-0.25, -0.2) is 9.18 Å². The third kappa shape index (κ3) is 5.53. The van der Waals surface area contributed by atoms with Gasteiger partial charge in [0, 0.05) is 32.7 Å². The molecule has 4 rings (SSSR count). The number of amides is 1. The highest BCUT2D eigenvalue weighted by Gasteiger charge is 2.42. The van der Waals surface area contributed by atoms with Crippen molar-refractivity contribution in [3.63, 3.8) is 0 Å². The predicted octanol–water partition coefficient (Wildman–Crippen LogP) is 3.27. The molecule has 2 heterocycles. The van der Waals surface area contributed by atoms with Gasteiger partial charge in [-0.3, -0.25) is 4.90 Å². The van der Waals surface area contributed by atoms with Crippen LogP contribution in [0.5, 0.6) is 0 Å². The fourth-order valence-electron chi connectivity index (χ4n) is 4.69. The number of hydrogen-bond donors (Lipinski definition) is 1. The maximum atomic E-state index is 14.9. The van der Waals surface area contributed by atoms with Gasteiger partial charge in [-0.1, -0.05) is 6.07 Å². The van der Waals surface area contributed by atoms with Crippen LogP contribution >= 0.6 is 0 Å². The fraction of sp³-hybridized carbons (Fsp3) is 0.708. The number of morpholine rings is 2. The summed E-state index contributed by atoms with van der Waals surface area (Å²) in [6, 6.07) is 5.22. The smallest absolute Gasteiger partial charge is 0.408 e. The molecule has 7 nitrogen and oxygen atoms in total. The van der Waals surface area contributed by atoms with Crippen molar-refractivity contribution < 1.29 is 23.4 Å². The first-order chi connectivity index (χ1) is 15.2. The molecule has 0 aromatic heterocycles. The van der Waals surface area contributed by atoms with E-state index >= 15 is 0 Å². The lowest BCUT2D eigenvalue weighted by Gasteiger charge is -2.44. The van der Waals surface area contributed by atoms with Gasteiger partial charge in [-0.15, -0.1) is 0 Å². The minimum absolute atomic E-state index is 0.0301. The van der Waals surface area contributed by atoms with Crippen LogP contribution < -0.4 is 10.2 Å². The first-order valence-electron chi connectivity index (χ1n) is 11.7. The van der Waals surface area contributed by atoms with Gasteiger partial charge < -0.3 is 24.4 Å². The van der Waals surface area contributed by atoms with Crippen molar-refractivity contribution in [3.05, 3.63) is 29.6 Å². The Morgan fingerprint density at radius 1 is 1.22 bits per heavy atom. The quantitative estimate of drug-likeness (QED) is 0.745. The van der Waals surface area contributed by atoms with E-state index in [2.05, 4.69) is 15.1 Å². The second kappa shape index (κ2) is 9.53. The van der Waals surface area contributed by atoms with Crippen molar-refractivity contribution in [2.45, 2.75) is 57.3 Å². The number of ether oxygens (including phenoxy) is 3. The Labute approximate surface area is 190 Å². The molecule has 3 fully saturated rings. The summed E-state index contributed by atoms with van der Waals surface area (Å²) in [5.74, 6) is -0.243. The van der Waals surface area contributed by atoms with Gasteiger partial charge in [0.25, 0.3) is 0 Å². The molecule has 1 atom stereocenters. The first-order valence-corrected chi connectivity index (χ1v) is 11.7. The van der Waals surface area contributed by atoms with E-state index in [4.69, 9.17) is 14.2 Å². The number of carbonyl (C=O) groups excluding carboxylic acids is 1. The highest BCUT2D eigenvalue weighted by atomic mass is 19.1. The third-order valence-corrected chi connectivity index (χ3v) is 6.49. The molecular weight excluding hydrogens is 413 g/mol. The second-order valence-corrected chi connectivity index (χ2v) is 10.1. The number of carbonyl (C=O) groups is 1. The van der Waals surface area contributed by atoms with Gasteiger partial charge >= 0.3 is 6.09 Å². The van der Waals surface area contributed by atoms with Crippen LogP contribution in [-0.4, -0.2) is 75.2 Å². The monoisotopic (exact) mass is 449 g/mol. The van der Waals surface area contributed by atoms with E-state index in [9.17, 15) is 9.18 Å². The molecule has 0 radical (unpaired) electrons. The molecule has 0 bridgehead atoms. The Kier molecular flexibility index (Phi) is 6.93. The number of alkyl carbamates (subject to hydrolysis) is 1.